The van der Waals surface area contributed by atoms with Crippen molar-refractivity contribution < 1.29 is 46.7 Å². The van der Waals surface area contributed by atoms with Crippen molar-refractivity contribution in [1.82, 2.24) is 9.62 Å². The van der Waals surface area contributed by atoms with E-state index in [1.807, 2.05) is 18.2 Å². The fourth-order valence-corrected chi connectivity index (χ4v) is 5.71. The molecule has 40 heavy (non-hydrogen) atoms. The molecule has 0 saturated carbocycles. The molecule has 0 aromatic heterocycles. The minimum absolute atomic E-state index is 0.0352. The third-order valence-corrected chi connectivity index (χ3v) is 8.30. The van der Waals surface area contributed by atoms with Gasteiger partial charge in [0, 0.05) is 39.1 Å². The van der Waals surface area contributed by atoms with Gasteiger partial charge in [-0.05, 0) is 48.0 Å². The number of aliphatic hydroxyl groups excluding tert-OH is 1. The van der Waals surface area contributed by atoms with Gasteiger partial charge in [-0.1, -0.05) is 6.07 Å². The molecule has 2 aromatic rings. The van der Waals surface area contributed by atoms with Crippen LogP contribution in [0.25, 0.3) is 0 Å². The summed E-state index contributed by atoms with van der Waals surface area (Å²) in [6.07, 6.45) is 1.27. The first-order valence-corrected chi connectivity index (χ1v) is 14.2. The van der Waals surface area contributed by atoms with Crippen LogP contribution in [0.4, 0.5) is 0 Å². The lowest BCUT2D eigenvalue weighted by atomic mass is 9.92. The number of carbonyl (C=O) groups excluding carboxylic acids is 1. The number of nitrogens with zero attached hydrogens (tertiary/aromatic N) is 1. The van der Waals surface area contributed by atoms with Crippen molar-refractivity contribution in [3.8, 4) is 17.2 Å². The lowest BCUT2D eigenvalue weighted by Crippen LogP contribution is -2.38. The number of methoxy groups -OCH3 is 2. The standard InChI is InChI=1S/C27H34N2O10S/c1-34-13-9-28-27(31)25-16-20(19-3-8-23-24(15-19)38-18-37-23)17-26(39-25)36-14-11-29(10-12-30)40(32,33)22-6-4-21(35-2)5-7-22/h3-8,15-16,20,26,30H,9-14,17-18H2,1-2H3,(H,28,31)/t20-,26+/m0/s1. The lowest BCUT2D eigenvalue weighted by molar-refractivity contribution is -0.146. The predicted molar refractivity (Wildman–Crippen MR) is 143 cm³/mol. The number of hydrogen-bond acceptors (Lipinski definition) is 10. The predicted octanol–water partition coefficient (Wildman–Crippen LogP) is 1.60. The van der Waals surface area contributed by atoms with E-state index in [1.54, 1.807) is 18.2 Å². The van der Waals surface area contributed by atoms with Crippen molar-refractivity contribution in [3.05, 3.63) is 59.9 Å². The van der Waals surface area contributed by atoms with Crippen LogP contribution in [0.15, 0.2) is 59.2 Å². The smallest absolute Gasteiger partial charge is 0.286 e. The van der Waals surface area contributed by atoms with Crippen molar-refractivity contribution in [2.75, 3.05) is 60.5 Å². The zero-order valence-corrected chi connectivity index (χ0v) is 23.2. The van der Waals surface area contributed by atoms with Crippen LogP contribution in [0, 0.1) is 0 Å². The van der Waals surface area contributed by atoms with Crippen molar-refractivity contribution in [2.24, 2.45) is 0 Å². The molecule has 2 aliphatic heterocycles. The summed E-state index contributed by atoms with van der Waals surface area (Å²) in [4.78, 5) is 12.9. The Morgan fingerprint density at radius 1 is 1.07 bits per heavy atom. The number of sulfonamides is 1. The van der Waals surface area contributed by atoms with Gasteiger partial charge in [0.15, 0.2) is 17.3 Å². The number of aliphatic hydroxyl groups is 1. The lowest BCUT2D eigenvalue weighted by Gasteiger charge is -2.30. The number of amides is 1. The second kappa shape index (κ2) is 13.8. The topological polar surface area (TPSA) is 142 Å². The number of carbonyl (C=O) groups is 1. The van der Waals surface area contributed by atoms with Crippen LogP contribution < -0.4 is 19.5 Å². The number of benzene rings is 2. The van der Waals surface area contributed by atoms with Crippen LogP contribution >= 0.6 is 0 Å². The van der Waals surface area contributed by atoms with E-state index < -0.39 is 22.2 Å². The molecule has 0 aliphatic carbocycles. The number of rotatable bonds is 14. The molecule has 2 heterocycles. The Morgan fingerprint density at radius 3 is 2.58 bits per heavy atom. The van der Waals surface area contributed by atoms with Gasteiger partial charge in [0.2, 0.25) is 23.1 Å². The van der Waals surface area contributed by atoms with Crippen LogP contribution in [0.1, 0.15) is 17.9 Å². The molecule has 1 amide bonds. The summed E-state index contributed by atoms with van der Waals surface area (Å²) in [5.41, 5.74) is 0.882. The molecule has 12 nitrogen and oxygen atoms in total. The molecule has 2 aliphatic rings. The maximum Gasteiger partial charge on any atom is 0.286 e. The molecule has 2 N–H and O–H groups in total. The molecule has 0 saturated heterocycles. The highest BCUT2D eigenvalue weighted by Gasteiger charge is 2.31. The zero-order chi connectivity index (χ0) is 28.5. The minimum atomic E-state index is -3.90. The SMILES string of the molecule is COCCNC(=O)C1=C[C@H](c2ccc3c(c2)OCO3)C[C@H](OCCN(CCO)S(=O)(=O)c2ccc(OC)cc2)O1. The molecule has 13 heteroatoms. The third kappa shape index (κ3) is 7.23. The first-order chi connectivity index (χ1) is 19.3. The average Bonchev–Trinajstić information content (AvgIpc) is 3.45. The fraction of sp³-hybridized carbons (Fsp3) is 0.444. The van der Waals surface area contributed by atoms with E-state index >= 15 is 0 Å². The Balaban J connectivity index is 1.45. The van der Waals surface area contributed by atoms with Gasteiger partial charge in [0.05, 0.1) is 31.8 Å². The first kappa shape index (κ1) is 29.6. The number of ether oxygens (including phenoxy) is 6. The van der Waals surface area contributed by atoms with Crippen molar-refractivity contribution in [2.45, 2.75) is 23.5 Å². The second-order valence-electron chi connectivity index (χ2n) is 8.96. The summed E-state index contributed by atoms with van der Waals surface area (Å²) in [6.45, 7) is 0.232. The number of allylic oxidation sites excluding steroid dienone is 1. The monoisotopic (exact) mass is 578 g/mol. The largest absolute Gasteiger partial charge is 0.497 e. The molecule has 0 fully saturated rings. The van der Waals surface area contributed by atoms with Gasteiger partial charge < -0.3 is 38.8 Å². The summed E-state index contributed by atoms with van der Waals surface area (Å²) in [5, 5.41) is 12.3. The zero-order valence-electron chi connectivity index (χ0n) is 22.4. The Morgan fingerprint density at radius 2 is 1.85 bits per heavy atom. The molecule has 2 atom stereocenters. The highest BCUT2D eigenvalue weighted by Crippen LogP contribution is 2.38. The quantitative estimate of drug-likeness (QED) is 0.318. The van der Waals surface area contributed by atoms with E-state index in [0.717, 1.165) is 9.87 Å². The Hall–Kier alpha value is -3.36. The molecule has 218 valence electrons. The van der Waals surface area contributed by atoms with E-state index in [9.17, 15) is 18.3 Å². The third-order valence-electron chi connectivity index (χ3n) is 6.39. The maximum absolute atomic E-state index is 13.2. The summed E-state index contributed by atoms with van der Waals surface area (Å²) >= 11 is 0. The van der Waals surface area contributed by atoms with E-state index in [4.69, 9.17) is 28.4 Å². The summed E-state index contributed by atoms with van der Waals surface area (Å²) in [7, 11) is -0.872. The van der Waals surface area contributed by atoms with E-state index in [1.165, 1.54) is 26.4 Å². The van der Waals surface area contributed by atoms with Gasteiger partial charge >= 0.3 is 0 Å². The fourth-order valence-electron chi connectivity index (χ4n) is 4.29. The highest BCUT2D eigenvalue weighted by atomic mass is 32.2. The molecule has 0 bridgehead atoms. The van der Waals surface area contributed by atoms with Gasteiger partial charge in [-0.25, -0.2) is 8.42 Å². The number of hydrogen-bond donors (Lipinski definition) is 2. The highest BCUT2D eigenvalue weighted by molar-refractivity contribution is 7.89. The van der Waals surface area contributed by atoms with Gasteiger partial charge in [-0.3, -0.25) is 4.79 Å². The van der Waals surface area contributed by atoms with Crippen LogP contribution in [-0.4, -0.2) is 90.5 Å². The van der Waals surface area contributed by atoms with Gasteiger partial charge in [-0.2, -0.15) is 4.31 Å². The Kier molecular flexibility index (Phi) is 10.2. The van der Waals surface area contributed by atoms with Gasteiger partial charge in [-0.15, -0.1) is 0 Å². The molecule has 2 aromatic carbocycles. The van der Waals surface area contributed by atoms with Crippen LogP contribution in [0.5, 0.6) is 17.2 Å². The summed E-state index contributed by atoms with van der Waals surface area (Å²) in [6, 6.07) is 11.6. The van der Waals surface area contributed by atoms with Crippen molar-refractivity contribution in [1.29, 1.82) is 0 Å². The Bertz CT molecular complexity index is 1280. The molecule has 0 spiro atoms. The van der Waals surface area contributed by atoms with E-state index in [0.29, 0.717) is 36.8 Å². The van der Waals surface area contributed by atoms with Gasteiger partial charge in [0.1, 0.15) is 5.75 Å². The van der Waals surface area contributed by atoms with Crippen molar-refractivity contribution >= 4 is 15.9 Å². The molecular formula is C27H34N2O10S. The van der Waals surface area contributed by atoms with Crippen LogP contribution in [0.2, 0.25) is 0 Å². The normalized spacial score (nSPS) is 18.2. The maximum atomic E-state index is 13.2. The average molecular weight is 579 g/mol. The Labute approximate surface area is 233 Å². The van der Waals surface area contributed by atoms with Crippen LogP contribution in [-0.2, 0) is 29.0 Å². The number of nitrogens with one attached hydrogen (secondary N) is 1. The van der Waals surface area contributed by atoms with Crippen LogP contribution in [0.3, 0.4) is 0 Å². The first-order valence-electron chi connectivity index (χ1n) is 12.8. The van der Waals surface area contributed by atoms with Crippen molar-refractivity contribution in [3.63, 3.8) is 0 Å². The summed E-state index contributed by atoms with van der Waals surface area (Å²) in [5.74, 6) is 1.22. The minimum Gasteiger partial charge on any atom is -0.497 e. The van der Waals surface area contributed by atoms with E-state index in [-0.39, 0.29) is 49.7 Å². The number of fused-ring (bicyclic) bond motifs is 1. The molecule has 4 rings (SSSR count). The second-order valence-corrected chi connectivity index (χ2v) is 10.9. The van der Waals surface area contributed by atoms with E-state index in [2.05, 4.69) is 5.32 Å². The van der Waals surface area contributed by atoms with Gasteiger partial charge in [0.25, 0.3) is 5.91 Å². The summed E-state index contributed by atoms with van der Waals surface area (Å²) < 4.78 is 60.3. The molecule has 0 unspecified atom stereocenters. The molecule has 0 radical (unpaired) electrons. The molecular weight excluding hydrogens is 544 g/mol.